The molecule has 1 amide bonds. The van der Waals surface area contributed by atoms with E-state index in [0.717, 1.165) is 12.8 Å². The molecule has 2 aromatic rings. The molecule has 24 heavy (non-hydrogen) atoms. The van der Waals surface area contributed by atoms with E-state index < -0.39 is 6.10 Å². The van der Waals surface area contributed by atoms with Crippen LogP contribution in [0.2, 0.25) is 10.0 Å². The average Bonchev–Trinajstić information content (AvgIpc) is 3.09. The maximum Gasteiger partial charge on any atom is 0.259 e. The standard InChI is InChI=1S/C16H16Cl2N2O3S/c17-12-2-1-10(9-13(12)18)14(23-11-3-6-22-7-4-11)15(21)20-16-19-5-8-24-16/h1-2,5,8-9,11,14H,3-4,6-7H2,(H,19,20,21). The number of amides is 1. The zero-order valence-corrected chi connectivity index (χ0v) is 15.0. The smallest absolute Gasteiger partial charge is 0.259 e. The van der Waals surface area contributed by atoms with Crippen LogP contribution in [0.3, 0.4) is 0 Å². The summed E-state index contributed by atoms with van der Waals surface area (Å²) >= 11 is 13.4. The lowest BCUT2D eigenvalue weighted by atomic mass is 10.1. The van der Waals surface area contributed by atoms with E-state index in [1.807, 2.05) is 0 Å². The van der Waals surface area contributed by atoms with Gasteiger partial charge in [-0.1, -0.05) is 29.3 Å². The monoisotopic (exact) mass is 386 g/mol. The number of ether oxygens (including phenoxy) is 2. The van der Waals surface area contributed by atoms with Crippen molar-refractivity contribution in [2.75, 3.05) is 18.5 Å². The molecule has 1 aromatic carbocycles. The Morgan fingerprint density at radius 3 is 2.79 bits per heavy atom. The second-order valence-corrected chi connectivity index (χ2v) is 7.04. The Balaban J connectivity index is 1.81. The van der Waals surface area contributed by atoms with Gasteiger partial charge in [0.2, 0.25) is 0 Å². The van der Waals surface area contributed by atoms with Crippen molar-refractivity contribution in [1.29, 1.82) is 0 Å². The lowest BCUT2D eigenvalue weighted by Gasteiger charge is -2.27. The number of benzene rings is 1. The van der Waals surface area contributed by atoms with Crippen molar-refractivity contribution >= 4 is 45.6 Å². The molecule has 0 saturated carbocycles. The average molecular weight is 387 g/mol. The lowest BCUT2D eigenvalue weighted by Crippen LogP contribution is -2.31. The molecule has 2 heterocycles. The second kappa shape index (κ2) is 8.27. The van der Waals surface area contributed by atoms with Gasteiger partial charge in [-0.15, -0.1) is 11.3 Å². The molecule has 128 valence electrons. The molecule has 1 unspecified atom stereocenters. The highest BCUT2D eigenvalue weighted by Crippen LogP contribution is 2.30. The van der Waals surface area contributed by atoms with E-state index in [2.05, 4.69) is 10.3 Å². The number of anilines is 1. The zero-order valence-electron chi connectivity index (χ0n) is 12.7. The summed E-state index contributed by atoms with van der Waals surface area (Å²) in [5.41, 5.74) is 0.657. The highest BCUT2D eigenvalue weighted by molar-refractivity contribution is 7.13. The van der Waals surface area contributed by atoms with Crippen LogP contribution in [0.4, 0.5) is 5.13 Å². The van der Waals surface area contributed by atoms with Crippen LogP contribution in [0.15, 0.2) is 29.8 Å². The Bertz CT molecular complexity index is 691. The number of rotatable bonds is 5. The van der Waals surface area contributed by atoms with E-state index in [1.165, 1.54) is 11.3 Å². The molecule has 1 aromatic heterocycles. The molecule has 0 aliphatic carbocycles. The Morgan fingerprint density at radius 1 is 1.33 bits per heavy atom. The maximum atomic E-state index is 12.7. The summed E-state index contributed by atoms with van der Waals surface area (Å²) in [5, 5.41) is 5.93. The van der Waals surface area contributed by atoms with Gasteiger partial charge in [-0.25, -0.2) is 4.98 Å². The van der Waals surface area contributed by atoms with Crippen LogP contribution in [0, 0.1) is 0 Å². The number of thiazole rings is 1. The molecule has 5 nitrogen and oxygen atoms in total. The number of carbonyl (C=O) groups is 1. The van der Waals surface area contributed by atoms with Crippen molar-refractivity contribution in [3.8, 4) is 0 Å². The minimum absolute atomic E-state index is 0.0414. The van der Waals surface area contributed by atoms with Crippen LogP contribution in [0.5, 0.6) is 0 Å². The van der Waals surface area contributed by atoms with E-state index >= 15 is 0 Å². The van der Waals surface area contributed by atoms with Gasteiger partial charge in [0.15, 0.2) is 11.2 Å². The molecule has 1 aliphatic heterocycles. The first-order chi connectivity index (χ1) is 11.6. The third-order valence-electron chi connectivity index (χ3n) is 3.64. The molecule has 1 aliphatic rings. The number of carbonyl (C=O) groups excluding carboxylic acids is 1. The van der Waals surface area contributed by atoms with E-state index in [9.17, 15) is 4.79 Å². The molecule has 1 N–H and O–H groups in total. The van der Waals surface area contributed by atoms with Gasteiger partial charge in [-0.2, -0.15) is 0 Å². The Hall–Kier alpha value is -1.18. The number of nitrogens with zero attached hydrogens (tertiary/aromatic N) is 1. The molecule has 0 radical (unpaired) electrons. The fourth-order valence-electron chi connectivity index (χ4n) is 2.43. The van der Waals surface area contributed by atoms with Gasteiger partial charge >= 0.3 is 0 Å². The number of hydrogen-bond acceptors (Lipinski definition) is 5. The van der Waals surface area contributed by atoms with Crippen molar-refractivity contribution in [1.82, 2.24) is 4.98 Å². The lowest BCUT2D eigenvalue weighted by molar-refractivity contribution is -0.136. The van der Waals surface area contributed by atoms with E-state index in [4.69, 9.17) is 32.7 Å². The van der Waals surface area contributed by atoms with Crippen molar-refractivity contribution in [3.63, 3.8) is 0 Å². The molecule has 1 saturated heterocycles. The number of halogens is 2. The van der Waals surface area contributed by atoms with Crippen molar-refractivity contribution in [2.24, 2.45) is 0 Å². The minimum Gasteiger partial charge on any atom is -0.381 e. The molecular weight excluding hydrogens is 371 g/mol. The quantitative estimate of drug-likeness (QED) is 0.830. The van der Waals surface area contributed by atoms with Crippen molar-refractivity contribution in [3.05, 3.63) is 45.4 Å². The third-order valence-corrected chi connectivity index (χ3v) is 5.07. The van der Waals surface area contributed by atoms with Crippen molar-refractivity contribution < 1.29 is 14.3 Å². The predicted molar refractivity (Wildman–Crippen MR) is 94.9 cm³/mol. The highest BCUT2D eigenvalue weighted by atomic mass is 35.5. The summed E-state index contributed by atoms with van der Waals surface area (Å²) < 4.78 is 11.4. The first-order valence-electron chi connectivity index (χ1n) is 7.52. The van der Waals surface area contributed by atoms with Gasteiger partial charge in [0.25, 0.3) is 5.91 Å². The van der Waals surface area contributed by atoms with Gasteiger partial charge in [0.05, 0.1) is 16.1 Å². The van der Waals surface area contributed by atoms with Gasteiger partial charge < -0.3 is 9.47 Å². The third kappa shape index (κ3) is 4.46. The van der Waals surface area contributed by atoms with Gasteiger partial charge in [-0.3, -0.25) is 10.1 Å². The summed E-state index contributed by atoms with van der Waals surface area (Å²) in [6.07, 6.45) is 2.31. The highest BCUT2D eigenvalue weighted by Gasteiger charge is 2.27. The number of nitrogens with one attached hydrogen (secondary N) is 1. The Labute approximate surface area is 153 Å². The van der Waals surface area contributed by atoms with Crippen LogP contribution in [-0.4, -0.2) is 30.2 Å². The normalized spacial score (nSPS) is 16.8. The summed E-state index contributed by atoms with van der Waals surface area (Å²) in [7, 11) is 0. The summed E-state index contributed by atoms with van der Waals surface area (Å²) in [6.45, 7) is 1.26. The fourth-order valence-corrected chi connectivity index (χ4v) is 3.27. The molecule has 0 spiro atoms. The largest absolute Gasteiger partial charge is 0.381 e. The van der Waals surface area contributed by atoms with E-state index in [0.29, 0.717) is 34.0 Å². The number of hydrogen-bond donors (Lipinski definition) is 1. The summed E-state index contributed by atoms with van der Waals surface area (Å²) in [4.78, 5) is 16.8. The van der Waals surface area contributed by atoms with Crippen LogP contribution >= 0.6 is 34.5 Å². The molecule has 8 heteroatoms. The predicted octanol–water partition coefficient (Wildman–Crippen LogP) is 4.33. The first kappa shape index (κ1) is 17.6. The topological polar surface area (TPSA) is 60.5 Å². The molecule has 3 rings (SSSR count). The second-order valence-electron chi connectivity index (χ2n) is 5.33. The molecule has 0 bridgehead atoms. The maximum absolute atomic E-state index is 12.7. The zero-order chi connectivity index (χ0) is 16.9. The SMILES string of the molecule is O=C(Nc1nccs1)C(OC1CCOCC1)c1ccc(Cl)c(Cl)c1. The fraction of sp³-hybridized carbons (Fsp3) is 0.375. The number of aromatic nitrogens is 1. The Morgan fingerprint density at radius 2 is 2.12 bits per heavy atom. The van der Waals surface area contributed by atoms with Crippen LogP contribution in [0.25, 0.3) is 0 Å². The van der Waals surface area contributed by atoms with Crippen LogP contribution in [0.1, 0.15) is 24.5 Å². The van der Waals surface area contributed by atoms with Crippen LogP contribution in [-0.2, 0) is 14.3 Å². The van der Waals surface area contributed by atoms with Crippen LogP contribution < -0.4 is 5.32 Å². The first-order valence-corrected chi connectivity index (χ1v) is 9.15. The molecule has 1 atom stereocenters. The van der Waals surface area contributed by atoms with Crippen molar-refractivity contribution in [2.45, 2.75) is 25.0 Å². The Kier molecular flexibility index (Phi) is 6.08. The summed E-state index contributed by atoms with van der Waals surface area (Å²) in [6, 6.07) is 5.07. The molecular formula is C16H16Cl2N2O3S. The van der Waals surface area contributed by atoms with Gasteiger partial charge in [0.1, 0.15) is 0 Å². The van der Waals surface area contributed by atoms with Gasteiger partial charge in [0, 0.05) is 24.8 Å². The van der Waals surface area contributed by atoms with E-state index in [-0.39, 0.29) is 12.0 Å². The van der Waals surface area contributed by atoms with Gasteiger partial charge in [-0.05, 0) is 30.5 Å². The summed E-state index contributed by atoms with van der Waals surface area (Å²) in [5.74, 6) is -0.283. The van der Waals surface area contributed by atoms with E-state index in [1.54, 1.807) is 29.8 Å². The molecule has 1 fully saturated rings. The minimum atomic E-state index is -0.785.